The first-order valence-electron chi connectivity index (χ1n) is 7.81. The Morgan fingerprint density at radius 1 is 1.19 bits per heavy atom. The summed E-state index contributed by atoms with van der Waals surface area (Å²) >= 11 is 0. The molecule has 0 bridgehead atoms. The van der Waals surface area contributed by atoms with Crippen molar-refractivity contribution in [1.82, 2.24) is 15.0 Å². The van der Waals surface area contributed by atoms with Crippen LogP contribution in [0.2, 0.25) is 0 Å². The van der Waals surface area contributed by atoms with Crippen molar-refractivity contribution in [1.29, 1.82) is 0 Å². The van der Waals surface area contributed by atoms with E-state index < -0.39 is 0 Å². The zero-order valence-electron chi connectivity index (χ0n) is 13.8. The second-order valence-electron chi connectivity index (χ2n) is 7.92. The third-order valence-electron chi connectivity index (χ3n) is 5.23. The number of hydrogen-bond donors (Lipinski definition) is 1. The van der Waals surface area contributed by atoms with Crippen LogP contribution in [-0.2, 0) is 0 Å². The molecule has 1 aliphatic rings. The number of rotatable bonds is 2. The predicted molar refractivity (Wildman–Crippen MR) is 87.5 cm³/mol. The van der Waals surface area contributed by atoms with E-state index in [0.29, 0.717) is 16.9 Å². The number of H-pyrrole nitrogens is 1. The minimum atomic E-state index is 0.303. The standard InChI is InChI=1S/C17H26N4/c1-16(2)7-8-17(3,4)13(10-16)21(5)15-12-6-9-18-14(12)19-11-20-15/h6,9,11,13H,7-8,10H2,1-5H3,(H,18,19,20). The zero-order valence-corrected chi connectivity index (χ0v) is 13.8. The molecule has 0 spiro atoms. The van der Waals surface area contributed by atoms with Gasteiger partial charge in [-0.15, -0.1) is 0 Å². The Kier molecular flexibility index (Phi) is 3.23. The average molecular weight is 286 g/mol. The quantitative estimate of drug-likeness (QED) is 0.907. The van der Waals surface area contributed by atoms with Crippen molar-refractivity contribution in [2.45, 2.75) is 53.0 Å². The Balaban J connectivity index is 2.00. The molecule has 1 N–H and O–H groups in total. The Labute approximate surface area is 127 Å². The van der Waals surface area contributed by atoms with Crippen molar-refractivity contribution in [3.05, 3.63) is 18.6 Å². The van der Waals surface area contributed by atoms with Crippen molar-refractivity contribution in [2.75, 3.05) is 11.9 Å². The summed E-state index contributed by atoms with van der Waals surface area (Å²) in [6, 6.07) is 2.57. The summed E-state index contributed by atoms with van der Waals surface area (Å²) in [5, 5.41) is 1.11. The van der Waals surface area contributed by atoms with Gasteiger partial charge in [-0.1, -0.05) is 27.7 Å². The predicted octanol–water partition coefficient (Wildman–Crippen LogP) is 4.00. The second-order valence-corrected chi connectivity index (χ2v) is 7.92. The van der Waals surface area contributed by atoms with Gasteiger partial charge in [-0.3, -0.25) is 0 Å². The van der Waals surface area contributed by atoms with Crippen molar-refractivity contribution >= 4 is 16.9 Å². The molecule has 114 valence electrons. The summed E-state index contributed by atoms with van der Waals surface area (Å²) in [7, 11) is 2.18. The van der Waals surface area contributed by atoms with Gasteiger partial charge in [-0.05, 0) is 36.2 Å². The van der Waals surface area contributed by atoms with E-state index >= 15 is 0 Å². The van der Waals surface area contributed by atoms with Crippen molar-refractivity contribution in [3.63, 3.8) is 0 Å². The van der Waals surface area contributed by atoms with Gasteiger partial charge in [0.05, 0.1) is 5.39 Å². The third kappa shape index (κ3) is 2.52. The number of aromatic nitrogens is 3. The molecule has 2 heterocycles. The topological polar surface area (TPSA) is 44.8 Å². The van der Waals surface area contributed by atoms with Gasteiger partial charge < -0.3 is 9.88 Å². The average Bonchev–Trinajstić information content (AvgIpc) is 2.89. The van der Waals surface area contributed by atoms with E-state index in [1.54, 1.807) is 6.33 Å². The van der Waals surface area contributed by atoms with Gasteiger partial charge in [0.1, 0.15) is 17.8 Å². The molecule has 1 aliphatic carbocycles. The molecule has 2 aromatic heterocycles. The molecule has 21 heavy (non-hydrogen) atoms. The largest absolute Gasteiger partial charge is 0.355 e. The van der Waals surface area contributed by atoms with Gasteiger partial charge in [-0.2, -0.15) is 0 Å². The molecule has 4 heteroatoms. The summed E-state index contributed by atoms with van der Waals surface area (Å²) in [6.07, 6.45) is 7.36. The normalized spacial score (nSPS) is 24.1. The highest BCUT2D eigenvalue weighted by Gasteiger charge is 2.42. The van der Waals surface area contributed by atoms with Gasteiger partial charge in [0.2, 0.25) is 0 Å². The maximum absolute atomic E-state index is 4.56. The van der Waals surface area contributed by atoms with Crippen LogP contribution in [-0.4, -0.2) is 28.0 Å². The first-order valence-corrected chi connectivity index (χ1v) is 7.81. The fourth-order valence-electron chi connectivity index (χ4n) is 3.68. The number of nitrogens with zero attached hydrogens (tertiary/aromatic N) is 3. The van der Waals surface area contributed by atoms with Gasteiger partial charge >= 0.3 is 0 Å². The van der Waals surface area contributed by atoms with E-state index in [0.717, 1.165) is 16.9 Å². The van der Waals surface area contributed by atoms with Crippen LogP contribution in [0.5, 0.6) is 0 Å². The molecule has 0 aliphatic heterocycles. The Bertz CT molecular complexity index is 641. The summed E-state index contributed by atoms with van der Waals surface area (Å²) < 4.78 is 0. The molecule has 3 rings (SSSR count). The maximum Gasteiger partial charge on any atom is 0.142 e. The summed E-state index contributed by atoms with van der Waals surface area (Å²) in [5.74, 6) is 1.04. The lowest BCUT2D eigenvalue weighted by atomic mass is 9.63. The molecule has 1 fully saturated rings. The smallest absolute Gasteiger partial charge is 0.142 e. The highest BCUT2D eigenvalue weighted by atomic mass is 15.2. The van der Waals surface area contributed by atoms with Crippen molar-refractivity contribution in [3.8, 4) is 0 Å². The molecule has 0 amide bonds. The van der Waals surface area contributed by atoms with Crippen LogP contribution in [0, 0.1) is 10.8 Å². The van der Waals surface area contributed by atoms with E-state index in [9.17, 15) is 0 Å². The fraction of sp³-hybridized carbons (Fsp3) is 0.647. The zero-order chi connectivity index (χ0) is 15.3. The van der Waals surface area contributed by atoms with Gasteiger partial charge in [0.15, 0.2) is 0 Å². The Morgan fingerprint density at radius 2 is 1.95 bits per heavy atom. The van der Waals surface area contributed by atoms with E-state index in [-0.39, 0.29) is 0 Å². The second kappa shape index (κ2) is 4.72. The summed E-state index contributed by atoms with van der Waals surface area (Å²) in [5.41, 5.74) is 1.62. The first-order chi connectivity index (χ1) is 9.80. The highest BCUT2D eigenvalue weighted by molar-refractivity contribution is 5.87. The monoisotopic (exact) mass is 286 g/mol. The van der Waals surface area contributed by atoms with Gasteiger partial charge in [0, 0.05) is 19.3 Å². The number of anilines is 1. The molecule has 1 saturated carbocycles. The molecule has 2 aromatic rings. The maximum atomic E-state index is 4.56. The van der Waals surface area contributed by atoms with Crippen LogP contribution in [0.15, 0.2) is 18.6 Å². The lowest BCUT2D eigenvalue weighted by Crippen LogP contribution is -2.49. The Hall–Kier alpha value is -1.58. The van der Waals surface area contributed by atoms with E-state index in [4.69, 9.17) is 0 Å². The lowest BCUT2D eigenvalue weighted by molar-refractivity contribution is 0.101. The molecule has 0 saturated heterocycles. The van der Waals surface area contributed by atoms with E-state index in [1.807, 2.05) is 6.20 Å². The summed E-state index contributed by atoms with van der Waals surface area (Å²) in [6.45, 7) is 9.54. The molecule has 1 unspecified atom stereocenters. The third-order valence-corrected chi connectivity index (χ3v) is 5.23. The highest BCUT2D eigenvalue weighted by Crippen LogP contribution is 2.47. The van der Waals surface area contributed by atoms with Crippen LogP contribution >= 0.6 is 0 Å². The van der Waals surface area contributed by atoms with Crippen molar-refractivity contribution in [2.24, 2.45) is 10.8 Å². The van der Waals surface area contributed by atoms with Gasteiger partial charge in [0.25, 0.3) is 0 Å². The van der Waals surface area contributed by atoms with Crippen LogP contribution in [0.1, 0.15) is 47.0 Å². The van der Waals surface area contributed by atoms with Crippen LogP contribution in [0.4, 0.5) is 5.82 Å². The molecule has 0 radical (unpaired) electrons. The first kappa shape index (κ1) is 14.4. The fourth-order valence-corrected chi connectivity index (χ4v) is 3.68. The van der Waals surface area contributed by atoms with Crippen LogP contribution in [0.3, 0.4) is 0 Å². The molecule has 4 nitrogen and oxygen atoms in total. The number of aromatic amines is 1. The van der Waals surface area contributed by atoms with E-state index in [2.05, 4.69) is 60.7 Å². The van der Waals surface area contributed by atoms with Gasteiger partial charge in [-0.25, -0.2) is 9.97 Å². The minimum absolute atomic E-state index is 0.303. The van der Waals surface area contributed by atoms with Crippen LogP contribution < -0.4 is 4.90 Å². The number of nitrogens with one attached hydrogen (secondary N) is 1. The molecular formula is C17H26N4. The molecule has 0 aromatic carbocycles. The SMILES string of the molecule is CN(c1ncnc2[nH]ccc12)C1CC(C)(C)CCC1(C)C. The molecular weight excluding hydrogens is 260 g/mol. The Morgan fingerprint density at radius 3 is 2.71 bits per heavy atom. The lowest BCUT2D eigenvalue weighted by Gasteiger charge is -2.50. The molecule has 1 atom stereocenters. The minimum Gasteiger partial charge on any atom is -0.355 e. The summed E-state index contributed by atoms with van der Waals surface area (Å²) in [4.78, 5) is 14.4. The number of fused-ring (bicyclic) bond motifs is 1. The van der Waals surface area contributed by atoms with Crippen LogP contribution in [0.25, 0.3) is 11.0 Å². The number of hydrogen-bond acceptors (Lipinski definition) is 3. The van der Waals surface area contributed by atoms with Crippen molar-refractivity contribution < 1.29 is 0 Å². The van der Waals surface area contributed by atoms with E-state index in [1.165, 1.54) is 19.3 Å².